The Bertz CT molecular complexity index is 192. The minimum Gasteiger partial charge on any atom is -0.381 e. The van der Waals surface area contributed by atoms with Crippen molar-refractivity contribution in [2.24, 2.45) is 0 Å². The Morgan fingerprint density at radius 2 is 1.83 bits per heavy atom. The quantitative estimate of drug-likeness (QED) is 0.531. The van der Waals surface area contributed by atoms with Gasteiger partial charge in [-0.1, -0.05) is 18.3 Å². The van der Waals surface area contributed by atoms with Crippen LogP contribution in [0.4, 0.5) is 0 Å². The lowest BCUT2D eigenvalue weighted by molar-refractivity contribution is 0.0605. The smallest absolute Gasteiger partial charge is 0.125 e. The molecular weight excluding hydrogens is 152 g/mol. The lowest BCUT2D eigenvalue weighted by Crippen LogP contribution is -2.29. The first-order valence-corrected chi connectivity index (χ1v) is 4.55. The summed E-state index contributed by atoms with van der Waals surface area (Å²) in [7, 11) is 0. The summed E-state index contributed by atoms with van der Waals surface area (Å²) in [5.74, 6) is 5.36. The molecule has 1 saturated carbocycles. The number of hydrogen-bond acceptors (Lipinski definition) is 2. The van der Waals surface area contributed by atoms with E-state index in [2.05, 4.69) is 11.8 Å². The van der Waals surface area contributed by atoms with E-state index < -0.39 is 11.7 Å². The number of aliphatic hydroxyl groups is 2. The van der Waals surface area contributed by atoms with E-state index >= 15 is 0 Å². The first kappa shape index (κ1) is 9.57. The van der Waals surface area contributed by atoms with Gasteiger partial charge in [-0.3, -0.25) is 0 Å². The normalized spacial score (nSPS) is 23.9. The third kappa shape index (κ3) is 2.84. The van der Waals surface area contributed by atoms with Crippen LogP contribution in [-0.4, -0.2) is 21.9 Å². The van der Waals surface area contributed by atoms with Crippen LogP contribution in [0.15, 0.2) is 0 Å². The van der Waals surface area contributed by atoms with Crippen LogP contribution in [0.3, 0.4) is 0 Å². The molecule has 2 heteroatoms. The fourth-order valence-electron chi connectivity index (χ4n) is 1.50. The molecule has 0 amide bonds. The zero-order valence-corrected chi connectivity index (χ0v) is 7.51. The summed E-state index contributed by atoms with van der Waals surface area (Å²) >= 11 is 0. The van der Waals surface area contributed by atoms with E-state index in [-0.39, 0.29) is 0 Å². The number of aliphatic hydroxyl groups excluding tert-OH is 1. The minimum absolute atomic E-state index is 0.629. The molecule has 12 heavy (non-hydrogen) atoms. The third-order valence-corrected chi connectivity index (χ3v) is 2.19. The van der Waals surface area contributed by atoms with Gasteiger partial charge in [-0.15, -0.1) is 0 Å². The number of hydrogen-bond donors (Lipinski definition) is 2. The van der Waals surface area contributed by atoms with Gasteiger partial charge >= 0.3 is 0 Å². The molecule has 0 unspecified atom stereocenters. The maximum absolute atomic E-state index is 9.84. The summed E-state index contributed by atoms with van der Waals surface area (Å²) in [6.45, 7) is 1.61. The Morgan fingerprint density at radius 1 is 1.25 bits per heavy atom. The molecule has 0 aliphatic heterocycles. The topological polar surface area (TPSA) is 40.5 Å². The maximum Gasteiger partial charge on any atom is 0.125 e. The van der Waals surface area contributed by atoms with E-state index in [4.69, 9.17) is 5.11 Å². The molecule has 0 spiro atoms. The predicted molar refractivity (Wildman–Crippen MR) is 47.5 cm³/mol. The molecule has 0 aromatic rings. The largest absolute Gasteiger partial charge is 0.381 e. The zero-order valence-electron chi connectivity index (χ0n) is 7.51. The first-order chi connectivity index (χ1) is 5.62. The Balaban J connectivity index is 2.53. The molecule has 2 N–H and O–H groups in total. The molecule has 1 aliphatic carbocycles. The van der Waals surface area contributed by atoms with Crippen LogP contribution in [0, 0.1) is 11.8 Å². The molecule has 0 bridgehead atoms. The van der Waals surface area contributed by atoms with Crippen LogP contribution < -0.4 is 0 Å². The van der Waals surface area contributed by atoms with Crippen LogP contribution in [0.2, 0.25) is 0 Å². The Morgan fingerprint density at radius 3 is 2.33 bits per heavy atom. The van der Waals surface area contributed by atoms with Gasteiger partial charge in [0.05, 0.1) is 0 Å². The van der Waals surface area contributed by atoms with Gasteiger partial charge in [-0.2, -0.15) is 0 Å². The lowest BCUT2D eigenvalue weighted by Gasteiger charge is -2.26. The van der Waals surface area contributed by atoms with Crippen LogP contribution in [0.5, 0.6) is 0 Å². The second-order valence-corrected chi connectivity index (χ2v) is 3.54. The van der Waals surface area contributed by atoms with Gasteiger partial charge in [0.1, 0.15) is 11.7 Å². The van der Waals surface area contributed by atoms with Gasteiger partial charge in [-0.05, 0) is 32.6 Å². The first-order valence-electron chi connectivity index (χ1n) is 4.55. The van der Waals surface area contributed by atoms with Crippen molar-refractivity contribution in [3.63, 3.8) is 0 Å². The van der Waals surface area contributed by atoms with Crippen molar-refractivity contribution in [3.8, 4) is 11.8 Å². The molecule has 1 aliphatic rings. The highest BCUT2D eigenvalue weighted by Gasteiger charge is 2.26. The van der Waals surface area contributed by atoms with Crippen molar-refractivity contribution in [3.05, 3.63) is 0 Å². The highest BCUT2D eigenvalue weighted by atomic mass is 16.3. The molecule has 0 heterocycles. The highest BCUT2D eigenvalue weighted by molar-refractivity contribution is 5.16. The number of rotatable bonds is 0. The van der Waals surface area contributed by atoms with Crippen molar-refractivity contribution in [2.75, 3.05) is 0 Å². The molecule has 68 valence electrons. The van der Waals surface area contributed by atoms with Crippen molar-refractivity contribution in [1.29, 1.82) is 0 Å². The summed E-state index contributed by atoms with van der Waals surface area (Å²) in [5.41, 5.74) is -0.810. The van der Waals surface area contributed by atoms with Gasteiger partial charge in [0.25, 0.3) is 0 Å². The highest BCUT2D eigenvalue weighted by Crippen LogP contribution is 2.27. The molecule has 1 atom stereocenters. The fourth-order valence-corrected chi connectivity index (χ4v) is 1.50. The van der Waals surface area contributed by atoms with Crippen LogP contribution >= 0.6 is 0 Å². The lowest BCUT2D eigenvalue weighted by atomic mass is 9.85. The Hall–Kier alpha value is -0.520. The summed E-state index contributed by atoms with van der Waals surface area (Å²) in [5, 5.41) is 18.7. The maximum atomic E-state index is 9.84. The van der Waals surface area contributed by atoms with Gasteiger partial charge in [0, 0.05) is 0 Å². The molecule has 0 aromatic carbocycles. The van der Waals surface area contributed by atoms with Crippen molar-refractivity contribution in [1.82, 2.24) is 0 Å². The summed E-state index contributed by atoms with van der Waals surface area (Å²) in [6, 6.07) is 0. The van der Waals surface area contributed by atoms with E-state index in [9.17, 15) is 5.11 Å². The summed E-state index contributed by atoms with van der Waals surface area (Å²) < 4.78 is 0. The second-order valence-electron chi connectivity index (χ2n) is 3.54. The van der Waals surface area contributed by atoms with Gasteiger partial charge in [0.15, 0.2) is 0 Å². The predicted octanol–water partition coefficient (Wildman–Crippen LogP) is 1.07. The summed E-state index contributed by atoms with van der Waals surface area (Å²) in [6.07, 6.45) is 4.17. The van der Waals surface area contributed by atoms with Gasteiger partial charge in [0.2, 0.25) is 0 Å². The third-order valence-electron chi connectivity index (χ3n) is 2.19. The Kier molecular flexibility index (Phi) is 3.13. The summed E-state index contributed by atoms with van der Waals surface area (Å²) in [4.78, 5) is 0. The van der Waals surface area contributed by atoms with E-state index in [1.54, 1.807) is 6.92 Å². The average Bonchev–Trinajstić information content (AvgIpc) is 2.03. The van der Waals surface area contributed by atoms with E-state index in [0.29, 0.717) is 0 Å². The average molecular weight is 168 g/mol. The van der Waals surface area contributed by atoms with Crippen molar-refractivity contribution in [2.45, 2.75) is 50.7 Å². The van der Waals surface area contributed by atoms with Crippen LogP contribution in [0.25, 0.3) is 0 Å². The van der Waals surface area contributed by atoms with E-state index in [0.717, 1.165) is 25.7 Å². The standard InChI is InChI=1S/C10H16O2/c1-9(11)5-8-10(12)6-3-2-4-7-10/h9,11-12H,2-4,6-7H2,1H3/t9-/m0/s1. The monoisotopic (exact) mass is 168 g/mol. The van der Waals surface area contributed by atoms with Crippen molar-refractivity contribution >= 4 is 0 Å². The molecule has 0 saturated heterocycles. The van der Waals surface area contributed by atoms with Crippen LogP contribution in [-0.2, 0) is 0 Å². The van der Waals surface area contributed by atoms with Crippen LogP contribution in [0.1, 0.15) is 39.0 Å². The molecule has 0 aromatic heterocycles. The zero-order chi connectivity index (χ0) is 9.03. The van der Waals surface area contributed by atoms with E-state index in [1.165, 1.54) is 6.42 Å². The molecular formula is C10H16O2. The molecule has 0 radical (unpaired) electrons. The SMILES string of the molecule is C[C@H](O)C#CC1(O)CCCCC1. The Labute approximate surface area is 73.6 Å². The van der Waals surface area contributed by atoms with Gasteiger partial charge < -0.3 is 10.2 Å². The van der Waals surface area contributed by atoms with E-state index in [1.807, 2.05) is 0 Å². The minimum atomic E-state index is -0.810. The second kappa shape index (κ2) is 3.93. The molecule has 1 fully saturated rings. The molecule has 1 rings (SSSR count). The fraction of sp³-hybridized carbons (Fsp3) is 0.800. The van der Waals surface area contributed by atoms with Crippen molar-refractivity contribution < 1.29 is 10.2 Å². The molecule has 2 nitrogen and oxygen atoms in total. The van der Waals surface area contributed by atoms with Gasteiger partial charge in [-0.25, -0.2) is 0 Å².